The molecule has 1 amide bonds. The molecule has 2 N–H and O–H groups in total. The van der Waals surface area contributed by atoms with Gasteiger partial charge in [-0.15, -0.1) is 0 Å². The third-order valence-corrected chi connectivity index (χ3v) is 6.03. The van der Waals surface area contributed by atoms with E-state index in [1.807, 2.05) is 45.1 Å². The number of nitrogens with one attached hydrogen (secondary N) is 2. The maximum Gasteiger partial charge on any atom is 0.264 e. The molecule has 3 aromatic rings. The van der Waals surface area contributed by atoms with Crippen molar-refractivity contribution in [2.24, 2.45) is 0 Å². The summed E-state index contributed by atoms with van der Waals surface area (Å²) in [5.74, 6) is 0.655. The molecule has 0 saturated heterocycles. The summed E-state index contributed by atoms with van der Waals surface area (Å²) in [5.41, 5.74) is 2.34. The van der Waals surface area contributed by atoms with Crippen molar-refractivity contribution in [1.82, 2.24) is 19.4 Å². The number of aromatic nitrogens is 3. The van der Waals surface area contributed by atoms with Gasteiger partial charge in [-0.25, -0.2) is 9.97 Å². The van der Waals surface area contributed by atoms with Crippen LogP contribution < -0.4 is 16.2 Å². The van der Waals surface area contributed by atoms with Crippen LogP contribution in [0.5, 0.6) is 0 Å². The molecule has 2 aromatic heterocycles. The van der Waals surface area contributed by atoms with Crippen LogP contribution in [0.4, 0.5) is 11.6 Å². The minimum atomic E-state index is -0.418. The van der Waals surface area contributed by atoms with Gasteiger partial charge in [-0.3, -0.25) is 14.2 Å². The fraction of sp³-hybridized carbons (Fsp3) is 0.231. The lowest BCUT2D eigenvalue weighted by molar-refractivity contribution is 0.0796. The van der Waals surface area contributed by atoms with Crippen molar-refractivity contribution >= 4 is 45.6 Å². The Labute approximate surface area is 208 Å². The fourth-order valence-corrected chi connectivity index (χ4v) is 4.21. The van der Waals surface area contributed by atoms with Crippen LogP contribution in [0, 0.1) is 0 Å². The summed E-state index contributed by atoms with van der Waals surface area (Å²) in [5, 5.41) is 7.92. The standard InChI is InChI=1S/C26H27ClN6O2/c1-15(2)8-6-9-16(3)33-20(12-18-10-7-11-19(27)21(18)26(33)35)17(4)31-24-22-23(28-13-29-24)30-14-32(5)25(22)34/h6-13,17H,3,14H2,1-2,4-5H3,(H2,28,29,30,31)/b9-6-/t17-/m0/s1. The van der Waals surface area contributed by atoms with Gasteiger partial charge < -0.3 is 15.5 Å². The summed E-state index contributed by atoms with van der Waals surface area (Å²) in [4.78, 5) is 36.5. The third kappa shape index (κ3) is 4.70. The molecule has 1 aliphatic rings. The molecule has 1 aromatic carbocycles. The molecule has 1 atom stereocenters. The first-order chi connectivity index (χ1) is 16.7. The molecule has 0 unspecified atom stereocenters. The number of nitrogens with zero attached hydrogens (tertiary/aromatic N) is 4. The number of allylic oxidation sites excluding steroid dienone is 5. The summed E-state index contributed by atoms with van der Waals surface area (Å²) in [6.45, 7) is 10.4. The lowest BCUT2D eigenvalue weighted by atomic mass is 10.1. The molecule has 0 spiro atoms. The molecule has 0 saturated carbocycles. The molecule has 0 fully saturated rings. The highest BCUT2D eigenvalue weighted by atomic mass is 35.5. The highest BCUT2D eigenvalue weighted by molar-refractivity contribution is 6.35. The van der Waals surface area contributed by atoms with Crippen molar-refractivity contribution < 1.29 is 4.79 Å². The summed E-state index contributed by atoms with van der Waals surface area (Å²) in [6.07, 6.45) is 6.97. The van der Waals surface area contributed by atoms with Gasteiger partial charge in [0.05, 0.1) is 23.1 Å². The number of benzene rings is 1. The first-order valence-corrected chi connectivity index (χ1v) is 11.5. The van der Waals surface area contributed by atoms with Crippen LogP contribution in [0.15, 0.2) is 65.8 Å². The van der Waals surface area contributed by atoms with Crippen molar-refractivity contribution in [1.29, 1.82) is 0 Å². The van der Waals surface area contributed by atoms with Crippen LogP contribution in [-0.2, 0) is 0 Å². The molecule has 8 nitrogen and oxygen atoms in total. The highest BCUT2D eigenvalue weighted by Gasteiger charge is 2.28. The number of rotatable bonds is 6. The predicted octanol–water partition coefficient (Wildman–Crippen LogP) is 5.07. The zero-order chi connectivity index (χ0) is 25.3. The largest absolute Gasteiger partial charge is 0.361 e. The average molecular weight is 491 g/mol. The van der Waals surface area contributed by atoms with Crippen molar-refractivity contribution in [3.05, 3.63) is 87.6 Å². The van der Waals surface area contributed by atoms with Crippen LogP contribution in [0.3, 0.4) is 0 Å². The van der Waals surface area contributed by atoms with Crippen molar-refractivity contribution in [2.75, 3.05) is 24.3 Å². The number of pyridine rings is 1. The van der Waals surface area contributed by atoms with E-state index in [-0.39, 0.29) is 11.5 Å². The second-order valence-corrected chi connectivity index (χ2v) is 9.07. The van der Waals surface area contributed by atoms with Gasteiger partial charge in [0.2, 0.25) is 0 Å². The number of carbonyl (C=O) groups is 1. The number of anilines is 2. The maximum absolute atomic E-state index is 13.6. The second kappa shape index (κ2) is 9.76. The Morgan fingerprint density at radius 1 is 1.29 bits per heavy atom. The lowest BCUT2D eigenvalue weighted by Crippen LogP contribution is -2.38. The van der Waals surface area contributed by atoms with E-state index in [1.54, 1.807) is 34.7 Å². The minimum absolute atomic E-state index is 0.189. The van der Waals surface area contributed by atoms with Crippen LogP contribution >= 0.6 is 11.6 Å². The Kier molecular flexibility index (Phi) is 6.75. The zero-order valence-electron chi connectivity index (χ0n) is 20.1. The van der Waals surface area contributed by atoms with Gasteiger partial charge in [0.25, 0.3) is 11.5 Å². The molecule has 1 aliphatic heterocycles. The molecule has 0 radical (unpaired) electrons. The van der Waals surface area contributed by atoms with E-state index in [9.17, 15) is 9.59 Å². The van der Waals surface area contributed by atoms with E-state index >= 15 is 0 Å². The smallest absolute Gasteiger partial charge is 0.264 e. The second-order valence-electron chi connectivity index (χ2n) is 8.66. The van der Waals surface area contributed by atoms with E-state index in [4.69, 9.17) is 11.6 Å². The normalized spacial score (nSPS) is 14.0. The van der Waals surface area contributed by atoms with Crippen LogP contribution in [0.1, 0.15) is 42.9 Å². The SMILES string of the molecule is C=C(/C=C\C=C(C)C)n1c([C@H](C)Nc2ncnc3c2C(=O)N(C)CN3)cc2cccc(Cl)c2c1=O. The zero-order valence-corrected chi connectivity index (χ0v) is 20.8. The molecular weight excluding hydrogens is 464 g/mol. The van der Waals surface area contributed by atoms with E-state index < -0.39 is 6.04 Å². The monoisotopic (exact) mass is 490 g/mol. The number of amides is 1. The van der Waals surface area contributed by atoms with Crippen LogP contribution in [0.25, 0.3) is 16.5 Å². The molecule has 4 rings (SSSR count). The highest BCUT2D eigenvalue weighted by Crippen LogP contribution is 2.30. The molecule has 0 bridgehead atoms. The molecule has 180 valence electrons. The predicted molar refractivity (Wildman–Crippen MR) is 142 cm³/mol. The number of carbonyl (C=O) groups excluding carboxylic acids is 1. The summed E-state index contributed by atoms with van der Waals surface area (Å²) >= 11 is 6.40. The Morgan fingerprint density at radius 2 is 2.06 bits per heavy atom. The Hall–Kier alpha value is -3.91. The third-order valence-electron chi connectivity index (χ3n) is 5.72. The first kappa shape index (κ1) is 24.2. The van der Waals surface area contributed by atoms with Gasteiger partial charge in [-0.05, 0) is 44.4 Å². The molecule has 0 aliphatic carbocycles. The van der Waals surface area contributed by atoms with Gasteiger partial charge in [0, 0.05) is 18.4 Å². The van der Waals surface area contributed by atoms with Gasteiger partial charge in [-0.2, -0.15) is 0 Å². The average Bonchev–Trinajstić information content (AvgIpc) is 2.81. The van der Waals surface area contributed by atoms with Crippen LogP contribution in [-0.4, -0.2) is 39.1 Å². The minimum Gasteiger partial charge on any atom is -0.361 e. The molecular formula is C26H27ClN6O2. The van der Waals surface area contributed by atoms with Gasteiger partial charge in [-0.1, -0.05) is 48.0 Å². The van der Waals surface area contributed by atoms with Gasteiger partial charge in [0.1, 0.15) is 23.5 Å². The molecule has 35 heavy (non-hydrogen) atoms. The van der Waals surface area contributed by atoms with E-state index in [1.165, 1.54) is 6.33 Å². The van der Waals surface area contributed by atoms with Crippen LogP contribution in [0.2, 0.25) is 5.02 Å². The molecule has 3 heterocycles. The van der Waals surface area contributed by atoms with E-state index in [0.29, 0.717) is 51.1 Å². The quantitative estimate of drug-likeness (QED) is 0.469. The number of fused-ring (bicyclic) bond motifs is 2. The van der Waals surface area contributed by atoms with Crippen molar-refractivity contribution in [2.45, 2.75) is 26.8 Å². The van der Waals surface area contributed by atoms with Crippen molar-refractivity contribution in [3.8, 4) is 0 Å². The topological polar surface area (TPSA) is 92.2 Å². The summed E-state index contributed by atoms with van der Waals surface area (Å²) in [7, 11) is 1.70. The summed E-state index contributed by atoms with van der Waals surface area (Å²) < 4.78 is 1.54. The first-order valence-electron chi connectivity index (χ1n) is 11.1. The van der Waals surface area contributed by atoms with Crippen molar-refractivity contribution in [3.63, 3.8) is 0 Å². The molecule has 9 heteroatoms. The number of hydrogen-bond donors (Lipinski definition) is 2. The Morgan fingerprint density at radius 3 is 2.80 bits per heavy atom. The summed E-state index contributed by atoms with van der Waals surface area (Å²) in [6, 6.07) is 6.83. The number of hydrogen-bond acceptors (Lipinski definition) is 6. The Bertz CT molecular complexity index is 1450. The van der Waals surface area contributed by atoms with E-state index in [0.717, 1.165) is 5.57 Å². The maximum atomic E-state index is 13.6. The van der Waals surface area contributed by atoms with Gasteiger partial charge >= 0.3 is 0 Å². The lowest BCUT2D eigenvalue weighted by Gasteiger charge is -2.28. The van der Waals surface area contributed by atoms with E-state index in [2.05, 4.69) is 27.2 Å². The Balaban J connectivity index is 1.84. The van der Waals surface area contributed by atoms with Gasteiger partial charge in [0.15, 0.2) is 0 Å². The number of halogens is 1. The fourth-order valence-electron chi connectivity index (χ4n) is 3.95.